The Morgan fingerprint density at radius 1 is 1.26 bits per heavy atom. The lowest BCUT2D eigenvalue weighted by atomic mass is 10.3. The van der Waals surface area contributed by atoms with Crippen molar-refractivity contribution in [2.45, 2.75) is 5.97 Å². The number of benzene rings is 1. The second-order valence-electron chi connectivity index (χ2n) is 4.30. The average molecular weight is 337 g/mol. The molecule has 0 aromatic heterocycles. The smallest absolute Gasteiger partial charge is 0.327 e. The van der Waals surface area contributed by atoms with Crippen LogP contribution in [0.4, 0.5) is 5.69 Å². The van der Waals surface area contributed by atoms with E-state index in [1.807, 2.05) is 43.3 Å². The maximum atomic E-state index is 8.66. The highest BCUT2D eigenvalue weighted by Gasteiger charge is 2.19. The molecule has 0 aliphatic rings. The summed E-state index contributed by atoms with van der Waals surface area (Å²) in [5, 5.41) is 27.6. The van der Waals surface area contributed by atoms with Crippen LogP contribution in [0.25, 0.3) is 0 Å². The summed E-state index contributed by atoms with van der Waals surface area (Å²) in [6.07, 6.45) is 0. The van der Waals surface area contributed by atoms with E-state index in [4.69, 9.17) is 20.1 Å². The van der Waals surface area contributed by atoms with Gasteiger partial charge < -0.3 is 47.3 Å². The third-order valence-corrected chi connectivity index (χ3v) is 2.34. The normalized spacial score (nSPS) is 10.8. The molecule has 5 N–H and O–H groups in total. The minimum Gasteiger partial charge on any atom is -1.00 e. The van der Waals surface area contributed by atoms with Crippen molar-refractivity contribution < 1.29 is 42.4 Å². The van der Waals surface area contributed by atoms with Crippen LogP contribution in [0.1, 0.15) is 0 Å². The van der Waals surface area contributed by atoms with Crippen molar-refractivity contribution in [2.24, 2.45) is 0 Å². The summed E-state index contributed by atoms with van der Waals surface area (Å²) >= 11 is 0. The van der Waals surface area contributed by atoms with Crippen LogP contribution in [0.3, 0.4) is 0 Å². The van der Waals surface area contributed by atoms with Crippen LogP contribution in [0.15, 0.2) is 24.3 Å². The molecule has 0 unspecified atom stereocenters. The summed E-state index contributed by atoms with van der Waals surface area (Å²) in [6.45, 7) is 0.747. The van der Waals surface area contributed by atoms with Crippen molar-refractivity contribution in [3.8, 4) is 5.75 Å². The third-order valence-electron chi connectivity index (χ3n) is 2.34. The van der Waals surface area contributed by atoms with Crippen LogP contribution in [-0.2, 0) is 0 Å². The molecule has 0 bridgehead atoms. The van der Waals surface area contributed by atoms with Crippen molar-refractivity contribution >= 4 is 5.69 Å². The Labute approximate surface area is 123 Å². The predicted molar refractivity (Wildman–Crippen MR) is 67.3 cm³/mol. The van der Waals surface area contributed by atoms with Gasteiger partial charge in [-0.05, 0) is 12.1 Å². The molecule has 0 atom stereocenters. The average Bonchev–Trinajstić information content (AvgIpc) is 2.27. The maximum absolute atomic E-state index is 8.66. The molecule has 1 aromatic rings. The van der Waals surface area contributed by atoms with E-state index in [-0.39, 0.29) is 23.5 Å². The van der Waals surface area contributed by atoms with Crippen LogP contribution >= 0.6 is 0 Å². The Balaban J connectivity index is 0.00000324. The third kappa shape index (κ3) is 8.02. The van der Waals surface area contributed by atoms with Gasteiger partial charge in [0.25, 0.3) is 0 Å². The monoisotopic (exact) mass is 336 g/mol. The Morgan fingerprint density at radius 3 is 2.53 bits per heavy atom. The van der Waals surface area contributed by atoms with E-state index in [9.17, 15) is 0 Å². The summed E-state index contributed by atoms with van der Waals surface area (Å²) < 4.78 is 5.51. The summed E-state index contributed by atoms with van der Waals surface area (Å²) in [6, 6.07) is 7.68. The van der Waals surface area contributed by atoms with Crippen molar-refractivity contribution in [1.29, 1.82) is 0 Å². The largest absolute Gasteiger partial charge is 1.00 e. The molecule has 1 rings (SSSR count). The molecule has 0 spiro atoms. The van der Waals surface area contributed by atoms with E-state index in [0.29, 0.717) is 13.2 Å². The summed E-state index contributed by atoms with van der Waals surface area (Å²) in [4.78, 5) is 1.98. The zero-order valence-electron chi connectivity index (χ0n) is 11.1. The van der Waals surface area contributed by atoms with Gasteiger partial charge in [-0.2, -0.15) is 0 Å². The standard InChI is InChI=1S/C12H20N2O4.BrH/c1-14(2)10-4-3-5-11(8-10)18-7-6-13-9-12(15,16)17;/h3-5,8,13,15-17H,6-7,9H2,1-2H3;1H. The Hall–Kier alpha value is -0.860. The number of nitrogens with two attached hydrogens (primary N) is 1. The molecule has 0 saturated heterocycles. The van der Waals surface area contributed by atoms with Gasteiger partial charge >= 0.3 is 5.97 Å². The molecule has 110 valence electrons. The first kappa shape index (κ1) is 18.1. The fourth-order valence-electron chi connectivity index (χ4n) is 1.41. The van der Waals surface area contributed by atoms with Crippen LogP contribution in [0.2, 0.25) is 0 Å². The lowest BCUT2D eigenvalue weighted by molar-refractivity contribution is -0.688. The maximum Gasteiger partial charge on any atom is 0.327 e. The van der Waals surface area contributed by atoms with Gasteiger partial charge in [-0.3, -0.25) is 0 Å². The molecular formula is C12H21BrN2O4. The number of quaternary nitrogens is 1. The molecule has 0 aliphatic heterocycles. The van der Waals surface area contributed by atoms with Gasteiger partial charge in [0, 0.05) is 25.8 Å². The Morgan fingerprint density at radius 2 is 1.95 bits per heavy atom. The number of halogens is 1. The number of nitrogens with zero attached hydrogens (tertiary/aromatic N) is 1. The lowest BCUT2D eigenvalue weighted by Crippen LogP contribution is -3.00. The highest BCUT2D eigenvalue weighted by atomic mass is 79.9. The second kappa shape index (κ2) is 8.34. The van der Waals surface area contributed by atoms with E-state index in [1.54, 1.807) is 5.32 Å². The van der Waals surface area contributed by atoms with Crippen molar-refractivity contribution in [1.82, 2.24) is 0 Å². The van der Waals surface area contributed by atoms with Gasteiger partial charge in [-0.25, -0.2) is 0 Å². The molecule has 0 heterocycles. The fourth-order valence-corrected chi connectivity index (χ4v) is 1.41. The van der Waals surface area contributed by atoms with Gasteiger partial charge in [-0.15, -0.1) is 0 Å². The lowest BCUT2D eigenvalue weighted by Gasteiger charge is -2.14. The molecular weight excluding hydrogens is 316 g/mol. The minimum atomic E-state index is -2.62. The SMILES string of the molecule is CN(C)c1cccc(OCC[NH2+]CC(O)(O)O)c1.[Br-]. The quantitative estimate of drug-likeness (QED) is 0.297. The Bertz CT molecular complexity index is 369. The number of rotatable bonds is 7. The molecule has 0 saturated carbocycles. The molecule has 0 aliphatic carbocycles. The van der Waals surface area contributed by atoms with Gasteiger partial charge in [0.2, 0.25) is 0 Å². The van der Waals surface area contributed by atoms with Crippen molar-refractivity contribution in [3.63, 3.8) is 0 Å². The zero-order valence-corrected chi connectivity index (χ0v) is 12.7. The molecule has 0 fully saturated rings. The van der Waals surface area contributed by atoms with E-state index in [0.717, 1.165) is 11.4 Å². The van der Waals surface area contributed by atoms with Crippen LogP contribution in [-0.4, -0.2) is 55.1 Å². The first-order chi connectivity index (χ1) is 8.38. The Kier molecular flexibility index (Phi) is 7.96. The van der Waals surface area contributed by atoms with Crippen LogP contribution in [0.5, 0.6) is 5.75 Å². The highest BCUT2D eigenvalue weighted by Crippen LogP contribution is 2.18. The predicted octanol–water partition coefficient (Wildman–Crippen LogP) is -4.67. The number of hydrogen-bond acceptors (Lipinski definition) is 5. The molecule has 0 radical (unpaired) electrons. The molecule has 6 nitrogen and oxygen atoms in total. The first-order valence-electron chi connectivity index (χ1n) is 5.77. The second-order valence-corrected chi connectivity index (χ2v) is 4.30. The summed E-state index contributed by atoms with van der Waals surface area (Å²) in [7, 11) is 3.91. The van der Waals surface area contributed by atoms with Gasteiger partial charge in [0.15, 0.2) is 6.54 Å². The van der Waals surface area contributed by atoms with Gasteiger partial charge in [0.1, 0.15) is 18.9 Å². The van der Waals surface area contributed by atoms with E-state index < -0.39 is 5.97 Å². The summed E-state index contributed by atoms with van der Waals surface area (Å²) in [5.41, 5.74) is 1.05. The van der Waals surface area contributed by atoms with Crippen LogP contribution in [0, 0.1) is 0 Å². The highest BCUT2D eigenvalue weighted by molar-refractivity contribution is 5.49. The molecule has 7 heteroatoms. The summed E-state index contributed by atoms with van der Waals surface area (Å²) in [5.74, 6) is -1.86. The van der Waals surface area contributed by atoms with Gasteiger partial charge in [-0.1, -0.05) is 6.07 Å². The van der Waals surface area contributed by atoms with E-state index in [2.05, 4.69) is 0 Å². The number of hydrogen-bond donors (Lipinski definition) is 4. The zero-order chi connectivity index (χ0) is 13.6. The molecule has 19 heavy (non-hydrogen) atoms. The van der Waals surface area contributed by atoms with E-state index in [1.165, 1.54) is 0 Å². The number of anilines is 1. The van der Waals surface area contributed by atoms with Gasteiger partial charge in [0.05, 0.1) is 0 Å². The molecule has 0 amide bonds. The minimum absolute atomic E-state index is 0. The first-order valence-corrected chi connectivity index (χ1v) is 5.77. The number of ether oxygens (including phenoxy) is 1. The fraction of sp³-hybridized carbons (Fsp3) is 0.500. The van der Waals surface area contributed by atoms with Crippen molar-refractivity contribution in [2.75, 3.05) is 38.7 Å². The van der Waals surface area contributed by atoms with Crippen molar-refractivity contribution in [3.05, 3.63) is 24.3 Å². The van der Waals surface area contributed by atoms with Crippen LogP contribution < -0.4 is 31.9 Å². The molecule has 1 aromatic carbocycles. The number of aliphatic hydroxyl groups is 3. The topological polar surface area (TPSA) is 89.8 Å². The van der Waals surface area contributed by atoms with E-state index >= 15 is 0 Å².